The highest BCUT2D eigenvalue weighted by molar-refractivity contribution is 7.91. The van der Waals surface area contributed by atoms with Gasteiger partial charge in [-0.25, -0.2) is 8.42 Å². The summed E-state index contributed by atoms with van der Waals surface area (Å²) in [6, 6.07) is 7.88. The van der Waals surface area contributed by atoms with Gasteiger partial charge < -0.3 is 5.32 Å². The van der Waals surface area contributed by atoms with E-state index in [9.17, 15) is 8.42 Å². The minimum atomic E-state index is -2.81. The van der Waals surface area contributed by atoms with Crippen LogP contribution in [0.25, 0.3) is 0 Å². The molecule has 1 atom stereocenters. The van der Waals surface area contributed by atoms with Crippen LogP contribution >= 0.6 is 11.6 Å². The minimum Gasteiger partial charge on any atom is -0.313 e. The molecule has 1 aliphatic heterocycles. The van der Waals surface area contributed by atoms with Gasteiger partial charge in [0, 0.05) is 11.1 Å². The Kier molecular flexibility index (Phi) is 4.65. The molecule has 1 heterocycles. The summed E-state index contributed by atoms with van der Waals surface area (Å²) in [5, 5.41) is 4.07. The van der Waals surface area contributed by atoms with Gasteiger partial charge in [-0.3, -0.25) is 0 Å². The van der Waals surface area contributed by atoms with E-state index in [2.05, 4.69) is 5.32 Å². The second-order valence-electron chi connectivity index (χ2n) is 4.78. The molecule has 1 fully saturated rings. The highest BCUT2D eigenvalue weighted by Crippen LogP contribution is 2.13. The lowest BCUT2D eigenvalue weighted by Crippen LogP contribution is -2.40. The molecule has 0 aliphatic carbocycles. The molecular weight excluding hydrogens is 270 g/mol. The lowest BCUT2D eigenvalue weighted by molar-refractivity contribution is 0.483. The molecule has 0 bridgehead atoms. The maximum absolute atomic E-state index is 11.5. The fraction of sp³-hybridized carbons (Fsp3) is 0.538. The molecule has 0 spiro atoms. The zero-order valence-corrected chi connectivity index (χ0v) is 11.8. The fourth-order valence-corrected chi connectivity index (χ4v) is 4.05. The average Bonchev–Trinajstić information content (AvgIpc) is 2.30. The average molecular weight is 288 g/mol. The van der Waals surface area contributed by atoms with Crippen molar-refractivity contribution in [1.29, 1.82) is 0 Å². The lowest BCUT2D eigenvalue weighted by atomic mass is 10.1. The first-order valence-corrected chi connectivity index (χ1v) is 8.43. The highest BCUT2D eigenvalue weighted by atomic mass is 35.5. The van der Waals surface area contributed by atoms with Crippen molar-refractivity contribution in [2.75, 3.05) is 18.1 Å². The molecular formula is C13H18ClNO2S. The molecule has 5 heteroatoms. The van der Waals surface area contributed by atoms with E-state index < -0.39 is 9.84 Å². The first kappa shape index (κ1) is 13.8. The highest BCUT2D eigenvalue weighted by Gasteiger charge is 2.23. The molecule has 1 saturated heterocycles. The van der Waals surface area contributed by atoms with Gasteiger partial charge in [-0.05, 0) is 43.5 Å². The van der Waals surface area contributed by atoms with Crippen LogP contribution in [0.4, 0.5) is 0 Å². The third kappa shape index (κ3) is 4.26. The molecule has 18 heavy (non-hydrogen) atoms. The predicted molar refractivity (Wildman–Crippen MR) is 74.8 cm³/mol. The van der Waals surface area contributed by atoms with E-state index in [-0.39, 0.29) is 11.8 Å². The normalized spacial score (nSPS) is 22.8. The molecule has 1 aliphatic rings. The number of hydrogen-bond acceptors (Lipinski definition) is 3. The van der Waals surface area contributed by atoms with Crippen LogP contribution in [0.2, 0.25) is 5.02 Å². The molecule has 1 unspecified atom stereocenters. The van der Waals surface area contributed by atoms with Crippen LogP contribution in [0.15, 0.2) is 24.3 Å². The quantitative estimate of drug-likeness (QED) is 0.922. The Labute approximate surface area is 113 Å². The first-order valence-electron chi connectivity index (χ1n) is 6.23. The Bertz CT molecular complexity index is 484. The lowest BCUT2D eigenvalue weighted by Gasteiger charge is -2.23. The summed E-state index contributed by atoms with van der Waals surface area (Å²) >= 11 is 5.82. The summed E-state index contributed by atoms with van der Waals surface area (Å²) in [6.45, 7) is 0.807. The number of benzene rings is 1. The molecule has 1 N–H and O–H groups in total. The first-order chi connectivity index (χ1) is 8.55. The van der Waals surface area contributed by atoms with Crippen LogP contribution in [0.3, 0.4) is 0 Å². The van der Waals surface area contributed by atoms with Gasteiger partial charge in [-0.1, -0.05) is 23.7 Å². The van der Waals surface area contributed by atoms with Crippen LogP contribution in [0.5, 0.6) is 0 Å². The van der Waals surface area contributed by atoms with Gasteiger partial charge in [-0.15, -0.1) is 0 Å². The van der Waals surface area contributed by atoms with Crippen LogP contribution in [-0.4, -0.2) is 32.5 Å². The fourth-order valence-electron chi connectivity index (χ4n) is 2.26. The molecule has 1 aromatic carbocycles. The maximum Gasteiger partial charge on any atom is 0.151 e. The van der Waals surface area contributed by atoms with E-state index in [4.69, 9.17) is 11.6 Å². The molecule has 1 aromatic rings. The van der Waals surface area contributed by atoms with Gasteiger partial charge in [0.1, 0.15) is 0 Å². The van der Waals surface area contributed by atoms with Crippen molar-refractivity contribution >= 4 is 21.4 Å². The van der Waals surface area contributed by atoms with E-state index in [0.29, 0.717) is 5.75 Å². The molecule has 2 rings (SSSR count). The second kappa shape index (κ2) is 6.04. The van der Waals surface area contributed by atoms with Crippen molar-refractivity contribution < 1.29 is 8.42 Å². The van der Waals surface area contributed by atoms with Gasteiger partial charge >= 0.3 is 0 Å². The summed E-state index contributed by atoms with van der Waals surface area (Å²) in [7, 11) is -2.81. The molecule has 0 radical (unpaired) electrons. The summed E-state index contributed by atoms with van der Waals surface area (Å²) in [6.07, 6.45) is 2.63. The Morgan fingerprint density at radius 1 is 1.28 bits per heavy atom. The molecule has 0 aromatic heterocycles. The van der Waals surface area contributed by atoms with Crippen LogP contribution in [0.1, 0.15) is 18.4 Å². The number of sulfone groups is 1. The zero-order chi connectivity index (χ0) is 13.0. The summed E-state index contributed by atoms with van der Waals surface area (Å²) in [5.74, 6) is 0.635. The molecule has 0 amide bonds. The van der Waals surface area contributed by atoms with Gasteiger partial charge in [0.25, 0.3) is 0 Å². The third-order valence-corrected chi connectivity index (χ3v) is 5.30. The third-order valence-electron chi connectivity index (χ3n) is 3.22. The zero-order valence-electron chi connectivity index (χ0n) is 10.2. The largest absolute Gasteiger partial charge is 0.313 e. The predicted octanol–water partition coefficient (Wildman–Crippen LogP) is 2.05. The maximum atomic E-state index is 11.5. The van der Waals surface area contributed by atoms with Crippen LogP contribution in [0, 0.1) is 0 Å². The number of hydrogen-bond donors (Lipinski definition) is 1. The smallest absolute Gasteiger partial charge is 0.151 e. The van der Waals surface area contributed by atoms with Gasteiger partial charge in [0.2, 0.25) is 0 Å². The number of nitrogens with one attached hydrogen (secondary N) is 1. The van der Waals surface area contributed by atoms with E-state index in [1.54, 1.807) is 0 Å². The minimum absolute atomic E-state index is 0.121. The molecule has 0 saturated carbocycles. The second-order valence-corrected chi connectivity index (χ2v) is 7.45. The Hall–Kier alpha value is -0.580. The Balaban J connectivity index is 1.77. The topological polar surface area (TPSA) is 46.2 Å². The van der Waals surface area contributed by atoms with Crippen molar-refractivity contribution in [2.24, 2.45) is 0 Å². The van der Waals surface area contributed by atoms with E-state index in [1.807, 2.05) is 24.3 Å². The summed E-state index contributed by atoms with van der Waals surface area (Å²) in [4.78, 5) is 0. The number of halogens is 1. The van der Waals surface area contributed by atoms with Gasteiger partial charge in [-0.2, -0.15) is 0 Å². The standard InChI is InChI=1S/C13H18ClNO2S/c14-12-5-3-11(4-6-12)7-8-15-13-2-1-9-18(16,17)10-13/h3-6,13,15H,1-2,7-10H2. The van der Waals surface area contributed by atoms with Gasteiger partial charge in [0.05, 0.1) is 11.5 Å². The SMILES string of the molecule is O=S1(=O)CCCC(NCCc2ccc(Cl)cc2)C1. The van der Waals surface area contributed by atoms with E-state index in [0.717, 1.165) is 30.8 Å². The van der Waals surface area contributed by atoms with Crippen molar-refractivity contribution in [3.05, 3.63) is 34.9 Å². The van der Waals surface area contributed by atoms with Crippen LogP contribution < -0.4 is 5.32 Å². The molecule has 100 valence electrons. The molecule has 3 nitrogen and oxygen atoms in total. The Morgan fingerprint density at radius 2 is 2.00 bits per heavy atom. The van der Waals surface area contributed by atoms with E-state index >= 15 is 0 Å². The van der Waals surface area contributed by atoms with Crippen molar-refractivity contribution in [3.63, 3.8) is 0 Å². The van der Waals surface area contributed by atoms with Crippen molar-refractivity contribution in [1.82, 2.24) is 5.32 Å². The number of rotatable bonds is 4. The van der Waals surface area contributed by atoms with Crippen molar-refractivity contribution in [3.8, 4) is 0 Å². The summed E-state index contributed by atoms with van der Waals surface area (Å²) < 4.78 is 23.0. The van der Waals surface area contributed by atoms with Gasteiger partial charge in [0.15, 0.2) is 9.84 Å². The monoisotopic (exact) mass is 287 g/mol. The summed E-state index contributed by atoms with van der Waals surface area (Å²) in [5.41, 5.74) is 1.21. The van der Waals surface area contributed by atoms with E-state index in [1.165, 1.54) is 5.56 Å². The Morgan fingerprint density at radius 3 is 2.67 bits per heavy atom. The van der Waals surface area contributed by atoms with Crippen LogP contribution in [-0.2, 0) is 16.3 Å². The van der Waals surface area contributed by atoms with Crippen molar-refractivity contribution in [2.45, 2.75) is 25.3 Å².